The second-order valence-electron chi connectivity index (χ2n) is 10.6. The summed E-state index contributed by atoms with van der Waals surface area (Å²) < 4.78 is 4.64. The second kappa shape index (κ2) is 16.6. The molecule has 2 aliphatic rings. The van der Waals surface area contributed by atoms with E-state index in [1.165, 1.54) is 31.4 Å². The van der Waals surface area contributed by atoms with E-state index in [1.54, 1.807) is 4.90 Å². The first-order chi connectivity index (χ1) is 20.2. The van der Waals surface area contributed by atoms with Crippen molar-refractivity contribution < 1.29 is 38.6 Å². The van der Waals surface area contributed by atoms with Crippen LogP contribution in [0.4, 0.5) is 0 Å². The van der Waals surface area contributed by atoms with E-state index in [0.29, 0.717) is 31.7 Å². The van der Waals surface area contributed by atoms with Crippen molar-refractivity contribution in [1.82, 2.24) is 26.0 Å². The Bertz CT molecular complexity index is 1120. The van der Waals surface area contributed by atoms with Crippen LogP contribution in [0.25, 0.3) is 0 Å². The fourth-order valence-corrected chi connectivity index (χ4v) is 5.18. The Morgan fingerprint density at radius 3 is 2.33 bits per heavy atom. The van der Waals surface area contributed by atoms with E-state index in [-0.39, 0.29) is 49.5 Å². The monoisotopic (exact) mass is 587 g/mol. The van der Waals surface area contributed by atoms with Crippen molar-refractivity contribution >= 4 is 35.6 Å². The Labute approximate surface area is 245 Å². The number of hydrazine groups is 1. The molecule has 0 aromatic heterocycles. The summed E-state index contributed by atoms with van der Waals surface area (Å²) in [6.07, 6.45) is 3.95. The van der Waals surface area contributed by atoms with Gasteiger partial charge in [0.2, 0.25) is 17.7 Å². The number of likely N-dealkylation sites (tertiary alicyclic amines) is 1. The van der Waals surface area contributed by atoms with Gasteiger partial charge in [-0.1, -0.05) is 0 Å². The number of methoxy groups -OCH3 is 1. The topological polar surface area (TPSA) is 174 Å². The van der Waals surface area contributed by atoms with Gasteiger partial charge >= 0.3 is 11.9 Å². The highest BCUT2D eigenvalue weighted by Crippen LogP contribution is 2.22. The molecule has 1 aromatic rings. The summed E-state index contributed by atoms with van der Waals surface area (Å²) in [4.78, 5) is 76.2. The standard InChI is InChI=1S/C29H41N5O8/c1-42-29(41)22-7-5-21(6-8-22)27(39)31-16-12-25(36)34(32-17-13-26(37)38)28(40)23-3-2-18-33(19-23)24(35)9-4-20-10-14-30-15-11-20/h5-8,20,23,30,32H,2-4,9-19H2,1H3,(H,31,39)(H,37,38)/t23-/m1/s1. The molecule has 1 aromatic carbocycles. The Kier molecular flexibility index (Phi) is 12.9. The SMILES string of the molecule is COC(=O)c1ccc(C(=O)NCCC(=O)N(NCCC(=O)O)C(=O)[C@@H]2CCCN(C(=O)CCC3CCNCC3)C2)cc1. The number of nitrogens with zero attached hydrogens (tertiary/aromatic N) is 2. The van der Waals surface area contributed by atoms with Gasteiger partial charge in [-0.3, -0.25) is 24.0 Å². The maximum atomic E-state index is 13.4. The number of benzene rings is 1. The van der Waals surface area contributed by atoms with E-state index < -0.39 is 35.6 Å². The fraction of sp³-hybridized carbons (Fsp3) is 0.586. The summed E-state index contributed by atoms with van der Waals surface area (Å²) in [5.41, 5.74) is 3.20. The van der Waals surface area contributed by atoms with E-state index in [2.05, 4.69) is 20.8 Å². The molecule has 2 heterocycles. The van der Waals surface area contributed by atoms with Crippen LogP contribution < -0.4 is 16.1 Å². The normalized spacial score (nSPS) is 17.3. The van der Waals surface area contributed by atoms with Crippen LogP contribution in [0.1, 0.15) is 72.1 Å². The lowest BCUT2D eigenvalue weighted by Gasteiger charge is -2.35. The van der Waals surface area contributed by atoms with Gasteiger partial charge < -0.3 is 25.4 Å². The molecule has 230 valence electrons. The van der Waals surface area contributed by atoms with Gasteiger partial charge in [0.1, 0.15) is 0 Å². The van der Waals surface area contributed by atoms with Gasteiger partial charge in [0.15, 0.2) is 0 Å². The van der Waals surface area contributed by atoms with E-state index in [4.69, 9.17) is 5.11 Å². The molecule has 0 unspecified atom stereocenters. The molecular formula is C29H41N5O8. The highest BCUT2D eigenvalue weighted by molar-refractivity contribution is 5.98. The molecule has 13 nitrogen and oxygen atoms in total. The van der Waals surface area contributed by atoms with Crippen molar-refractivity contribution in [3.8, 4) is 0 Å². The van der Waals surface area contributed by atoms with E-state index >= 15 is 0 Å². The maximum Gasteiger partial charge on any atom is 0.337 e. The van der Waals surface area contributed by atoms with Crippen molar-refractivity contribution in [3.05, 3.63) is 35.4 Å². The van der Waals surface area contributed by atoms with Crippen molar-refractivity contribution in [2.24, 2.45) is 11.8 Å². The molecule has 4 N–H and O–H groups in total. The quantitative estimate of drug-likeness (QED) is 0.192. The van der Waals surface area contributed by atoms with Gasteiger partial charge in [0, 0.05) is 44.6 Å². The lowest BCUT2D eigenvalue weighted by atomic mass is 9.92. The number of imide groups is 1. The lowest BCUT2D eigenvalue weighted by molar-refractivity contribution is -0.154. The van der Waals surface area contributed by atoms with E-state index in [0.717, 1.165) is 37.4 Å². The average Bonchev–Trinajstić information content (AvgIpc) is 3.01. The number of esters is 1. The Hall–Kier alpha value is -3.84. The van der Waals surface area contributed by atoms with Gasteiger partial charge in [-0.05, 0) is 75.4 Å². The molecule has 0 radical (unpaired) electrons. The van der Waals surface area contributed by atoms with Gasteiger partial charge in [-0.15, -0.1) is 0 Å². The van der Waals surface area contributed by atoms with Crippen molar-refractivity contribution in [1.29, 1.82) is 0 Å². The van der Waals surface area contributed by atoms with Crippen molar-refractivity contribution in [2.75, 3.05) is 46.4 Å². The number of carbonyl (C=O) groups is 6. The van der Waals surface area contributed by atoms with Gasteiger partial charge in [-0.2, -0.15) is 0 Å². The smallest absolute Gasteiger partial charge is 0.337 e. The molecule has 2 fully saturated rings. The summed E-state index contributed by atoms with van der Waals surface area (Å²) in [6.45, 7) is 2.47. The molecule has 1 atom stereocenters. The second-order valence-corrected chi connectivity index (χ2v) is 10.6. The summed E-state index contributed by atoms with van der Waals surface area (Å²) in [7, 11) is 1.26. The number of carboxylic acid groups (broad SMARTS) is 1. The lowest BCUT2D eigenvalue weighted by Crippen LogP contribution is -2.54. The van der Waals surface area contributed by atoms with Crippen molar-refractivity contribution in [2.45, 2.75) is 51.4 Å². The fourth-order valence-electron chi connectivity index (χ4n) is 5.18. The van der Waals surface area contributed by atoms with Crippen LogP contribution in [0.15, 0.2) is 24.3 Å². The molecular weight excluding hydrogens is 546 g/mol. The van der Waals surface area contributed by atoms with Gasteiger partial charge in [0.25, 0.3) is 5.91 Å². The predicted molar refractivity (Wildman–Crippen MR) is 151 cm³/mol. The number of hydrogen-bond donors (Lipinski definition) is 4. The molecule has 0 aliphatic carbocycles. The first-order valence-electron chi connectivity index (χ1n) is 14.5. The van der Waals surface area contributed by atoms with Crippen LogP contribution in [0.3, 0.4) is 0 Å². The number of hydrogen-bond acceptors (Lipinski definition) is 9. The molecule has 13 heteroatoms. The first kappa shape index (κ1) is 32.7. The maximum absolute atomic E-state index is 13.4. The molecule has 0 saturated carbocycles. The summed E-state index contributed by atoms with van der Waals surface area (Å²) >= 11 is 0. The van der Waals surface area contributed by atoms with Gasteiger partial charge in [0.05, 0.1) is 25.0 Å². The van der Waals surface area contributed by atoms with Crippen LogP contribution in [0.5, 0.6) is 0 Å². The minimum Gasteiger partial charge on any atom is -0.481 e. The first-order valence-corrected chi connectivity index (χ1v) is 14.5. The molecule has 42 heavy (non-hydrogen) atoms. The molecule has 2 aliphatic heterocycles. The number of piperidine rings is 2. The minimum absolute atomic E-state index is 0.00470. The highest BCUT2D eigenvalue weighted by atomic mass is 16.5. The average molecular weight is 588 g/mol. The highest BCUT2D eigenvalue weighted by Gasteiger charge is 2.34. The zero-order valence-corrected chi connectivity index (χ0v) is 24.1. The number of amides is 4. The number of carbonyl (C=O) groups excluding carboxylic acids is 5. The molecule has 3 rings (SSSR count). The Balaban J connectivity index is 1.55. The largest absolute Gasteiger partial charge is 0.481 e. The number of ether oxygens (including phenoxy) is 1. The third kappa shape index (κ3) is 9.91. The number of rotatable bonds is 13. The van der Waals surface area contributed by atoms with Crippen LogP contribution in [-0.4, -0.2) is 97.0 Å². The number of aliphatic carboxylic acids is 1. The Morgan fingerprint density at radius 2 is 1.67 bits per heavy atom. The molecule has 0 bridgehead atoms. The third-order valence-corrected chi connectivity index (χ3v) is 7.62. The summed E-state index contributed by atoms with van der Waals surface area (Å²) in [5.74, 6) is -3.32. The minimum atomic E-state index is -1.09. The van der Waals surface area contributed by atoms with Crippen LogP contribution in [0.2, 0.25) is 0 Å². The van der Waals surface area contributed by atoms with Crippen molar-refractivity contribution in [3.63, 3.8) is 0 Å². The third-order valence-electron chi connectivity index (χ3n) is 7.62. The van der Waals surface area contributed by atoms with Crippen LogP contribution >= 0.6 is 0 Å². The zero-order chi connectivity index (χ0) is 30.5. The van der Waals surface area contributed by atoms with Gasteiger partial charge in [-0.25, -0.2) is 15.2 Å². The Morgan fingerprint density at radius 1 is 0.976 bits per heavy atom. The molecule has 2 saturated heterocycles. The summed E-state index contributed by atoms with van der Waals surface area (Å²) in [6, 6.07) is 5.80. The molecule has 4 amide bonds. The van der Waals surface area contributed by atoms with E-state index in [1.807, 2.05) is 0 Å². The number of carboxylic acids is 1. The zero-order valence-electron chi connectivity index (χ0n) is 24.1. The van der Waals surface area contributed by atoms with E-state index in [9.17, 15) is 28.8 Å². The predicted octanol–water partition coefficient (Wildman–Crippen LogP) is 0.946. The van der Waals surface area contributed by atoms with Crippen LogP contribution in [-0.2, 0) is 23.9 Å². The number of nitrogens with one attached hydrogen (secondary N) is 3. The summed E-state index contributed by atoms with van der Waals surface area (Å²) in [5, 5.41) is 15.8. The van der Waals surface area contributed by atoms with Crippen LogP contribution in [0, 0.1) is 11.8 Å². The molecule has 0 spiro atoms.